The number of amides is 1. The van der Waals surface area contributed by atoms with E-state index < -0.39 is 15.4 Å². The van der Waals surface area contributed by atoms with E-state index in [1.165, 1.54) is 26.0 Å². The highest BCUT2D eigenvalue weighted by molar-refractivity contribution is 7.89. The van der Waals surface area contributed by atoms with Gasteiger partial charge in [-0.05, 0) is 31.5 Å². The van der Waals surface area contributed by atoms with Gasteiger partial charge in [-0.1, -0.05) is 12.1 Å². The van der Waals surface area contributed by atoms with Crippen molar-refractivity contribution in [1.29, 1.82) is 5.26 Å². The van der Waals surface area contributed by atoms with Gasteiger partial charge in [0.05, 0.1) is 11.0 Å². The quantitative estimate of drug-likeness (QED) is 0.836. The first-order chi connectivity index (χ1) is 8.66. The Morgan fingerprint density at radius 2 is 1.89 bits per heavy atom. The normalized spacial score (nSPS) is 11.7. The average Bonchev–Trinajstić information content (AvgIpc) is 2.35. The molecule has 0 aliphatic carbocycles. The van der Waals surface area contributed by atoms with Crippen LogP contribution in [0, 0.1) is 16.7 Å². The third-order valence-corrected chi connectivity index (χ3v) is 3.48. The van der Waals surface area contributed by atoms with Crippen LogP contribution in [0.25, 0.3) is 0 Å². The van der Waals surface area contributed by atoms with Crippen molar-refractivity contribution in [3.05, 3.63) is 29.8 Å². The Bertz CT molecular complexity index is 613. The summed E-state index contributed by atoms with van der Waals surface area (Å²) in [4.78, 5) is 11.7. The van der Waals surface area contributed by atoms with Gasteiger partial charge >= 0.3 is 0 Å². The van der Waals surface area contributed by atoms with Gasteiger partial charge < -0.3 is 5.32 Å². The van der Waals surface area contributed by atoms with Crippen LogP contribution in [0.1, 0.15) is 19.4 Å². The molecule has 0 atom stereocenters. The zero-order valence-electron chi connectivity index (χ0n) is 10.7. The van der Waals surface area contributed by atoms with E-state index in [9.17, 15) is 13.2 Å². The van der Waals surface area contributed by atoms with E-state index in [4.69, 9.17) is 10.4 Å². The minimum atomic E-state index is -3.71. The number of carbonyl (C=O) groups is 1. The van der Waals surface area contributed by atoms with Crippen molar-refractivity contribution in [2.24, 2.45) is 10.6 Å². The number of hydrogen-bond donors (Lipinski definition) is 2. The number of nitrogens with two attached hydrogens (primary N) is 1. The summed E-state index contributed by atoms with van der Waals surface area (Å²) in [5, 5.41) is 16.4. The average molecular weight is 281 g/mol. The van der Waals surface area contributed by atoms with E-state index in [1.807, 2.05) is 6.07 Å². The van der Waals surface area contributed by atoms with Gasteiger partial charge in [-0.3, -0.25) is 4.79 Å². The maximum atomic E-state index is 11.6. The Morgan fingerprint density at radius 1 is 1.37 bits per heavy atom. The molecular weight excluding hydrogens is 266 g/mol. The van der Waals surface area contributed by atoms with Crippen LogP contribution in [-0.2, 0) is 21.4 Å². The number of hydrogen-bond acceptors (Lipinski definition) is 4. The van der Waals surface area contributed by atoms with Gasteiger partial charge in [0, 0.05) is 6.54 Å². The standard InChI is InChI=1S/C12H15N3O3S/c1-12(2,8-13)11(16)15-7-9-3-5-10(6-4-9)19(14,17)18/h3-6H,7H2,1-2H3,(H,15,16)(H2,14,17,18). The van der Waals surface area contributed by atoms with Gasteiger partial charge in [-0.2, -0.15) is 5.26 Å². The summed E-state index contributed by atoms with van der Waals surface area (Å²) in [6.07, 6.45) is 0. The molecular formula is C12H15N3O3S. The van der Waals surface area contributed by atoms with Crippen LogP contribution in [0.4, 0.5) is 0 Å². The number of nitriles is 1. The molecule has 19 heavy (non-hydrogen) atoms. The Morgan fingerprint density at radius 3 is 2.32 bits per heavy atom. The summed E-state index contributed by atoms with van der Waals surface area (Å²) >= 11 is 0. The van der Waals surface area contributed by atoms with E-state index in [1.54, 1.807) is 12.1 Å². The highest BCUT2D eigenvalue weighted by atomic mass is 32.2. The van der Waals surface area contributed by atoms with Gasteiger partial charge in [-0.25, -0.2) is 13.6 Å². The van der Waals surface area contributed by atoms with Crippen molar-refractivity contribution in [2.45, 2.75) is 25.3 Å². The van der Waals surface area contributed by atoms with E-state index >= 15 is 0 Å². The second kappa shape index (κ2) is 5.38. The van der Waals surface area contributed by atoms with Crippen molar-refractivity contribution in [3.8, 4) is 6.07 Å². The summed E-state index contributed by atoms with van der Waals surface area (Å²) in [6.45, 7) is 3.26. The summed E-state index contributed by atoms with van der Waals surface area (Å²) in [5.41, 5.74) is -0.380. The third-order valence-electron chi connectivity index (χ3n) is 2.55. The maximum Gasteiger partial charge on any atom is 0.240 e. The molecule has 0 saturated carbocycles. The van der Waals surface area contributed by atoms with Gasteiger partial charge in [0.1, 0.15) is 5.41 Å². The summed E-state index contributed by atoms with van der Waals surface area (Å²) < 4.78 is 22.1. The molecule has 1 aromatic carbocycles. The number of carbonyl (C=O) groups excluding carboxylic acids is 1. The Kier molecular flexibility index (Phi) is 4.29. The molecule has 1 amide bonds. The molecule has 0 heterocycles. The fourth-order valence-electron chi connectivity index (χ4n) is 1.25. The Balaban J connectivity index is 2.71. The lowest BCUT2D eigenvalue weighted by molar-refractivity contribution is -0.126. The number of primary sulfonamides is 1. The number of nitrogens with zero attached hydrogens (tertiary/aromatic N) is 1. The first kappa shape index (κ1) is 15.1. The molecule has 3 N–H and O–H groups in total. The third kappa shape index (κ3) is 4.05. The van der Waals surface area contributed by atoms with Crippen molar-refractivity contribution >= 4 is 15.9 Å². The molecule has 0 aliphatic heterocycles. The lowest BCUT2D eigenvalue weighted by Crippen LogP contribution is -2.35. The lowest BCUT2D eigenvalue weighted by Gasteiger charge is -2.14. The first-order valence-electron chi connectivity index (χ1n) is 5.48. The second-order valence-electron chi connectivity index (χ2n) is 4.61. The number of nitrogens with one attached hydrogen (secondary N) is 1. The molecule has 102 valence electrons. The molecule has 6 nitrogen and oxygen atoms in total. The molecule has 1 aromatic rings. The molecule has 0 unspecified atom stereocenters. The zero-order valence-corrected chi connectivity index (χ0v) is 11.5. The van der Waals surface area contributed by atoms with Crippen LogP contribution in [0.3, 0.4) is 0 Å². The zero-order chi connectivity index (χ0) is 14.7. The molecule has 0 saturated heterocycles. The number of rotatable bonds is 4. The molecule has 0 bridgehead atoms. The number of sulfonamides is 1. The summed E-state index contributed by atoms with van der Waals surface area (Å²) in [5.74, 6) is -0.384. The van der Waals surface area contributed by atoms with E-state index in [0.717, 1.165) is 5.56 Å². The van der Waals surface area contributed by atoms with Crippen LogP contribution in [0.5, 0.6) is 0 Å². The fourth-order valence-corrected chi connectivity index (χ4v) is 1.77. The second-order valence-corrected chi connectivity index (χ2v) is 6.17. The van der Waals surface area contributed by atoms with Gasteiger partial charge in [0.15, 0.2) is 0 Å². The minimum Gasteiger partial charge on any atom is -0.351 e. The van der Waals surface area contributed by atoms with Crippen molar-refractivity contribution in [2.75, 3.05) is 0 Å². The molecule has 0 spiro atoms. The fraction of sp³-hybridized carbons (Fsp3) is 0.333. The Labute approximate surface area is 112 Å². The smallest absolute Gasteiger partial charge is 0.240 e. The summed E-state index contributed by atoms with van der Waals surface area (Å²) in [6, 6.07) is 7.74. The highest BCUT2D eigenvalue weighted by Crippen LogP contribution is 2.13. The van der Waals surface area contributed by atoms with Crippen LogP contribution in [-0.4, -0.2) is 14.3 Å². The predicted molar refractivity (Wildman–Crippen MR) is 69.1 cm³/mol. The monoisotopic (exact) mass is 281 g/mol. The van der Waals surface area contributed by atoms with Crippen molar-refractivity contribution < 1.29 is 13.2 Å². The molecule has 0 fully saturated rings. The Hall–Kier alpha value is -1.91. The van der Waals surface area contributed by atoms with E-state index in [0.29, 0.717) is 0 Å². The first-order valence-corrected chi connectivity index (χ1v) is 7.03. The topological polar surface area (TPSA) is 113 Å². The molecule has 0 aromatic heterocycles. The largest absolute Gasteiger partial charge is 0.351 e. The predicted octanol–water partition coefficient (Wildman–Crippen LogP) is 0.500. The van der Waals surface area contributed by atoms with Crippen molar-refractivity contribution in [3.63, 3.8) is 0 Å². The van der Waals surface area contributed by atoms with Gasteiger partial charge in [0.2, 0.25) is 15.9 Å². The van der Waals surface area contributed by atoms with Crippen LogP contribution >= 0.6 is 0 Å². The highest BCUT2D eigenvalue weighted by Gasteiger charge is 2.26. The SMILES string of the molecule is CC(C)(C#N)C(=O)NCc1ccc(S(N)(=O)=O)cc1. The van der Waals surface area contributed by atoms with Crippen LogP contribution in [0.15, 0.2) is 29.2 Å². The van der Waals surface area contributed by atoms with Crippen LogP contribution < -0.4 is 10.5 Å². The van der Waals surface area contributed by atoms with Crippen LogP contribution in [0.2, 0.25) is 0 Å². The van der Waals surface area contributed by atoms with Gasteiger partial charge in [-0.15, -0.1) is 0 Å². The van der Waals surface area contributed by atoms with Crippen molar-refractivity contribution in [1.82, 2.24) is 5.32 Å². The molecule has 1 rings (SSSR count). The van der Waals surface area contributed by atoms with Gasteiger partial charge in [0.25, 0.3) is 0 Å². The lowest BCUT2D eigenvalue weighted by atomic mass is 9.95. The van der Waals surface area contributed by atoms with E-state index in [2.05, 4.69) is 5.32 Å². The number of benzene rings is 1. The minimum absolute atomic E-state index is 0.0138. The molecule has 0 aliphatic rings. The maximum absolute atomic E-state index is 11.6. The van der Waals surface area contributed by atoms with E-state index in [-0.39, 0.29) is 17.3 Å². The molecule has 7 heteroatoms. The molecule has 0 radical (unpaired) electrons. The summed E-state index contributed by atoms with van der Waals surface area (Å²) in [7, 11) is -3.71.